The Bertz CT molecular complexity index is 237. The van der Waals surface area contributed by atoms with Gasteiger partial charge in [0.25, 0.3) is 0 Å². The molecule has 1 amide bonds. The Kier molecular flexibility index (Phi) is 7.33. The highest BCUT2D eigenvalue weighted by Crippen LogP contribution is 2.19. The molecule has 0 spiro atoms. The quantitative estimate of drug-likeness (QED) is 0.756. The van der Waals surface area contributed by atoms with E-state index in [4.69, 9.17) is 0 Å². The van der Waals surface area contributed by atoms with E-state index in [1.54, 1.807) is 6.92 Å². The van der Waals surface area contributed by atoms with E-state index in [1.165, 1.54) is 51.6 Å². The summed E-state index contributed by atoms with van der Waals surface area (Å²) in [6, 6.07) is 0.490. The Labute approximate surface area is 113 Å². The summed E-state index contributed by atoms with van der Waals surface area (Å²) in [5.74, 6) is 0.265. The zero-order valence-corrected chi connectivity index (χ0v) is 12.5. The van der Waals surface area contributed by atoms with Gasteiger partial charge in [0, 0.05) is 26.1 Å². The van der Waals surface area contributed by atoms with Crippen LogP contribution in [-0.2, 0) is 4.79 Å². The van der Waals surface area contributed by atoms with E-state index >= 15 is 0 Å². The maximum absolute atomic E-state index is 11.6. The van der Waals surface area contributed by atoms with Crippen molar-refractivity contribution in [2.24, 2.45) is 0 Å². The van der Waals surface area contributed by atoms with Gasteiger partial charge in [0.05, 0.1) is 0 Å². The lowest BCUT2D eigenvalue weighted by Gasteiger charge is -2.39. The van der Waals surface area contributed by atoms with Crippen molar-refractivity contribution in [3.05, 3.63) is 0 Å². The van der Waals surface area contributed by atoms with Gasteiger partial charge >= 0.3 is 0 Å². The molecule has 0 N–H and O–H groups in total. The van der Waals surface area contributed by atoms with Gasteiger partial charge < -0.3 is 9.80 Å². The first-order valence-corrected chi connectivity index (χ1v) is 7.77. The van der Waals surface area contributed by atoms with Gasteiger partial charge in [-0.25, -0.2) is 0 Å². The first-order chi connectivity index (χ1) is 8.77. The Morgan fingerprint density at radius 3 is 2.22 bits per heavy atom. The van der Waals surface area contributed by atoms with Crippen LogP contribution in [-0.4, -0.2) is 47.9 Å². The first-order valence-electron chi connectivity index (χ1n) is 7.77. The predicted octanol–water partition coefficient (Wildman–Crippen LogP) is 2.90. The molecule has 2 fully saturated rings. The van der Waals surface area contributed by atoms with Crippen molar-refractivity contribution in [2.75, 3.05) is 26.2 Å². The second-order valence-electron chi connectivity index (χ2n) is 5.22. The number of nitrogens with zero attached hydrogens (tertiary/aromatic N) is 2. The lowest BCUT2D eigenvalue weighted by molar-refractivity contribution is -0.133. The third kappa shape index (κ3) is 4.60. The molecule has 18 heavy (non-hydrogen) atoms. The summed E-state index contributed by atoms with van der Waals surface area (Å²) in [5, 5.41) is 0. The molecule has 2 rings (SSSR count). The van der Waals surface area contributed by atoms with Crippen LogP contribution in [0.5, 0.6) is 0 Å². The zero-order valence-electron chi connectivity index (χ0n) is 12.5. The fourth-order valence-electron chi connectivity index (χ4n) is 3.04. The summed E-state index contributed by atoms with van der Waals surface area (Å²) in [6.07, 6.45) is 7.76. The second-order valence-corrected chi connectivity index (χ2v) is 5.22. The van der Waals surface area contributed by atoms with Crippen LogP contribution in [0.1, 0.15) is 59.3 Å². The highest BCUT2D eigenvalue weighted by atomic mass is 16.2. The van der Waals surface area contributed by atoms with Crippen LogP contribution < -0.4 is 0 Å². The van der Waals surface area contributed by atoms with Crippen LogP contribution in [0.3, 0.4) is 0 Å². The molecule has 106 valence electrons. The lowest BCUT2D eigenvalue weighted by Crippen LogP contribution is -2.49. The SMILES string of the molecule is CC.CC(=O)N1CCCCC1CN1CCCCC1. The van der Waals surface area contributed by atoms with Gasteiger partial charge in [-0.2, -0.15) is 0 Å². The number of hydrogen-bond acceptors (Lipinski definition) is 2. The van der Waals surface area contributed by atoms with Crippen LogP contribution >= 0.6 is 0 Å². The number of rotatable bonds is 2. The molecule has 0 radical (unpaired) electrons. The Hall–Kier alpha value is -0.570. The van der Waals surface area contributed by atoms with E-state index in [0.717, 1.165) is 13.1 Å². The summed E-state index contributed by atoms with van der Waals surface area (Å²) in [5.41, 5.74) is 0. The molecule has 0 saturated carbocycles. The lowest BCUT2D eigenvalue weighted by atomic mass is 10.0. The van der Waals surface area contributed by atoms with Crippen LogP contribution in [0.25, 0.3) is 0 Å². The van der Waals surface area contributed by atoms with E-state index < -0.39 is 0 Å². The molecule has 0 aromatic rings. The molecule has 1 unspecified atom stereocenters. The van der Waals surface area contributed by atoms with Gasteiger partial charge in [-0.3, -0.25) is 4.79 Å². The molecular weight excluding hydrogens is 224 g/mol. The molecule has 0 bridgehead atoms. The third-order valence-electron chi connectivity index (χ3n) is 3.95. The topological polar surface area (TPSA) is 23.6 Å². The monoisotopic (exact) mass is 254 g/mol. The molecule has 2 aliphatic rings. The molecule has 2 saturated heterocycles. The second kappa shape index (κ2) is 8.52. The summed E-state index contributed by atoms with van der Waals surface area (Å²) < 4.78 is 0. The van der Waals surface area contributed by atoms with Crippen molar-refractivity contribution in [1.82, 2.24) is 9.80 Å². The van der Waals surface area contributed by atoms with E-state index in [-0.39, 0.29) is 5.91 Å². The smallest absolute Gasteiger partial charge is 0.219 e. The van der Waals surface area contributed by atoms with Gasteiger partial charge in [0.15, 0.2) is 0 Å². The molecule has 0 aromatic carbocycles. The Morgan fingerprint density at radius 2 is 1.61 bits per heavy atom. The average molecular weight is 254 g/mol. The molecule has 0 aromatic heterocycles. The van der Waals surface area contributed by atoms with Crippen molar-refractivity contribution >= 4 is 5.91 Å². The Balaban J connectivity index is 0.000000771. The number of piperidine rings is 2. The fourth-order valence-corrected chi connectivity index (χ4v) is 3.04. The number of likely N-dealkylation sites (tertiary alicyclic amines) is 2. The number of hydrogen-bond donors (Lipinski definition) is 0. The van der Waals surface area contributed by atoms with Crippen LogP contribution in [0, 0.1) is 0 Å². The van der Waals surface area contributed by atoms with Gasteiger partial charge in [0.1, 0.15) is 0 Å². The van der Waals surface area contributed by atoms with Crippen molar-refractivity contribution in [3.63, 3.8) is 0 Å². The number of carbonyl (C=O) groups is 1. The molecular formula is C15H30N2O. The summed E-state index contributed by atoms with van der Waals surface area (Å²) in [4.78, 5) is 16.2. The molecule has 3 nitrogen and oxygen atoms in total. The van der Waals surface area contributed by atoms with Crippen LogP contribution in [0.2, 0.25) is 0 Å². The van der Waals surface area contributed by atoms with Crippen LogP contribution in [0.15, 0.2) is 0 Å². The van der Waals surface area contributed by atoms with Crippen molar-refractivity contribution in [1.29, 1.82) is 0 Å². The summed E-state index contributed by atoms with van der Waals surface area (Å²) >= 11 is 0. The summed E-state index contributed by atoms with van der Waals surface area (Å²) in [6.45, 7) is 10.3. The van der Waals surface area contributed by atoms with Crippen molar-refractivity contribution in [3.8, 4) is 0 Å². The first kappa shape index (κ1) is 15.5. The zero-order chi connectivity index (χ0) is 13.4. The fraction of sp³-hybridized carbons (Fsp3) is 0.933. The van der Waals surface area contributed by atoms with Gasteiger partial charge in [0.2, 0.25) is 5.91 Å². The Morgan fingerprint density at radius 1 is 1.00 bits per heavy atom. The molecule has 1 atom stereocenters. The molecule has 2 heterocycles. The molecule has 3 heteroatoms. The van der Waals surface area contributed by atoms with E-state index in [2.05, 4.69) is 9.80 Å². The number of amides is 1. The summed E-state index contributed by atoms with van der Waals surface area (Å²) in [7, 11) is 0. The van der Waals surface area contributed by atoms with E-state index in [0.29, 0.717) is 6.04 Å². The molecule has 2 aliphatic heterocycles. The van der Waals surface area contributed by atoms with Crippen LogP contribution in [0.4, 0.5) is 0 Å². The minimum Gasteiger partial charge on any atom is -0.339 e. The molecule has 0 aliphatic carbocycles. The van der Waals surface area contributed by atoms with Gasteiger partial charge in [-0.05, 0) is 45.2 Å². The third-order valence-corrected chi connectivity index (χ3v) is 3.95. The average Bonchev–Trinajstić information content (AvgIpc) is 2.42. The highest BCUT2D eigenvalue weighted by molar-refractivity contribution is 5.73. The number of carbonyl (C=O) groups excluding carboxylic acids is 1. The van der Waals surface area contributed by atoms with Gasteiger partial charge in [-0.1, -0.05) is 20.3 Å². The maximum Gasteiger partial charge on any atom is 0.219 e. The largest absolute Gasteiger partial charge is 0.339 e. The predicted molar refractivity (Wildman–Crippen MR) is 76.7 cm³/mol. The maximum atomic E-state index is 11.6. The minimum absolute atomic E-state index is 0.265. The highest BCUT2D eigenvalue weighted by Gasteiger charge is 2.26. The van der Waals surface area contributed by atoms with Gasteiger partial charge in [-0.15, -0.1) is 0 Å². The normalized spacial score (nSPS) is 25.3. The van der Waals surface area contributed by atoms with Crippen molar-refractivity contribution < 1.29 is 4.79 Å². The minimum atomic E-state index is 0.265. The van der Waals surface area contributed by atoms with E-state index in [1.807, 2.05) is 13.8 Å². The van der Waals surface area contributed by atoms with Crippen molar-refractivity contribution in [2.45, 2.75) is 65.3 Å². The standard InChI is InChI=1S/C13H24N2O.C2H6/c1-12(16)15-10-6-3-7-13(15)11-14-8-4-2-5-9-14;1-2/h13H,2-11H2,1H3;1-2H3. The van der Waals surface area contributed by atoms with E-state index in [9.17, 15) is 4.79 Å².